The number of nitrogens with zero attached hydrogens (tertiary/aromatic N) is 1. The van der Waals surface area contributed by atoms with Gasteiger partial charge in [-0.1, -0.05) is 59.1 Å². The first-order valence-corrected chi connectivity index (χ1v) is 9.41. The van der Waals surface area contributed by atoms with Crippen molar-refractivity contribution in [2.45, 2.75) is 19.4 Å². The van der Waals surface area contributed by atoms with Crippen molar-refractivity contribution in [3.63, 3.8) is 0 Å². The summed E-state index contributed by atoms with van der Waals surface area (Å²) in [6.07, 6.45) is 0. The van der Waals surface area contributed by atoms with E-state index < -0.39 is 29.9 Å². The van der Waals surface area contributed by atoms with Crippen molar-refractivity contribution < 1.29 is 14.4 Å². The van der Waals surface area contributed by atoms with Crippen LogP contribution in [0.15, 0.2) is 36.4 Å². The monoisotopic (exact) mass is 439 g/mol. The maximum Gasteiger partial charge on any atom is 0.325 e. The molecule has 0 saturated carbocycles. The van der Waals surface area contributed by atoms with Crippen molar-refractivity contribution in [1.29, 1.82) is 0 Å². The van der Waals surface area contributed by atoms with Crippen LogP contribution >= 0.6 is 34.8 Å². The molecule has 0 spiro atoms. The molecule has 1 unspecified atom stereocenters. The molecule has 146 valence electrons. The van der Waals surface area contributed by atoms with Gasteiger partial charge in [0.05, 0.1) is 20.8 Å². The molecule has 0 radical (unpaired) electrons. The molecular formula is C19H16Cl3N3O3. The summed E-state index contributed by atoms with van der Waals surface area (Å²) in [5.74, 6) is -1.11. The average Bonchev–Trinajstić information content (AvgIpc) is 2.84. The van der Waals surface area contributed by atoms with Crippen molar-refractivity contribution in [1.82, 2.24) is 10.2 Å². The average molecular weight is 441 g/mol. The molecule has 0 bridgehead atoms. The molecule has 1 atom stereocenters. The van der Waals surface area contributed by atoms with Crippen molar-refractivity contribution >= 4 is 58.3 Å². The first-order valence-electron chi connectivity index (χ1n) is 8.28. The first kappa shape index (κ1) is 20.5. The number of aryl methyl sites for hydroxylation is 1. The molecule has 2 aromatic rings. The summed E-state index contributed by atoms with van der Waals surface area (Å²) in [6, 6.07) is 9.39. The van der Waals surface area contributed by atoms with Gasteiger partial charge in [0, 0.05) is 0 Å². The second kappa shape index (κ2) is 7.62. The number of halogens is 3. The van der Waals surface area contributed by atoms with Crippen LogP contribution in [-0.2, 0) is 15.1 Å². The Labute approximate surface area is 176 Å². The standard InChI is InChI=1S/C19H16Cl3N3O3/c1-10-5-3-4-6-11(10)19(2)17(27)25(18(28)24-19)9-16(26)23-15-8-13(21)12(20)7-14(15)22/h3-8H,9H2,1-2H3,(H,23,26)(H,24,28). The molecule has 28 heavy (non-hydrogen) atoms. The summed E-state index contributed by atoms with van der Waals surface area (Å²) < 4.78 is 0. The number of rotatable bonds is 4. The van der Waals surface area contributed by atoms with Crippen LogP contribution in [0.4, 0.5) is 10.5 Å². The number of hydrogen-bond donors (Lipinski definition) is 2. The van der Waals surface area contributed by atoms with Gasteiger partial charge in [0.15, 0.2) is 0 Å². The Balaban J connectivity index is 1.79. The van der Waals surface area contributed by atoms with E-state index in [0.29, 0.717) is 5.56 Å². The molecule has 0 aromatic heterocycles. The maximum absolute atomic E-state index is 12.9. The smallest absolute Gasteiger partial charge is 0.323 e. The molecule has 1 fully saturated rings. The predicted molar refractivity (Wildman–Crippen MR) is 109 cm³/mol. The van der Waals surface area contributed by atoms with Crippen LogP contribution in [0.1, 0.15) is 18.1 Å². The molecule has 9 heteroatoms. The zero-order chi connectivity index (χ0) is 20.6. The van der Waals surface area contributed by atoms with Gasteiger partial charge in [-0.3, -0.25) is 14.5 Å². The third-order valence-electron chi connectivity index (χ3n) is 4.54. The Bertz CT molecular complexity index is 996. The van der Waals surface area contributed by atoms with Crippen LogP contribution in [0.3, 0.4) is 0 Å². The number of amides is 4. The number of carbonyl (C=O) groups is 3. The second-order valence-electron chi connectivity index (χ2n) is 6.56. The van der Waals surface area contributed by atoms with Gasteiger partial charge < -0.3 is 10.6 Å². The van der Waals surface area contributed by atoms with Gasteiger partial charge >= 0.3 is 6.03 Å². The number of nitrogens with one attached hydrogen (secondary N) is 2. The fourth-order valence-corrected chi connectivity index (χ4v) is 3.70. The summed E-state index contributed by atoms with van der Waals surface area (Å²) in [6.45, 7) is 2.99. The molecular weight excluding hydrogens is 425 g/mol. The molecule has 1 saturated heterocycles. The Morgan fingerprint density at radius 2 is 1.75 bits per heavy atom. The number of carbonyl (C=O) groups excluding carboxylic acids is 3. The van der Waals surface area contributed by atoms with Crippen LogP contribution in [0.2, 0.25) is 15.1 Å². The SMILES string of the molecule is Cc1ccccc1C1(C)NC(=O)N(CC(=O)Nc2cc(Cl)c(Cl)cc2Cl)C1=O. The van der Waals surface area contributed by atoms with E-state index in [1.165, 1.54) is 12.1 Å². The van der Waals surface area contributed by atoms with E-state index in [1.807, 2.05) is 19.1 Å². The van der Waals surface area contributed by atoms with E-state index >= 15 is 0 Å². The second-order valence-corrected chi connectivity index (χ2v) is 7.78. The zero-order valence-electron chi connectivity index (χ0n) is 15.0. The van der Waals surface area contributed by atoms with Crippen LogP contribution in [-0.4, -0.2) is 29.3 Å². The molecule has 4 amide bonds. The normalized spacial score (nSPS) is 19.0. The van der Waals surface area contributed by atoms with Crippen LogP contribution in [0, 0.1) is 6.92 Å². The molecule has 1 aliphatic heterocycles. The molecule has 2 N–H and O–H groups in total. The first-order chi connectivity index (χ1) is 13.1. The number of benzene rings is 2. The largest absolute Gasteiger partial charge is 0.325 e. The Hall–Kier alpha value is -2.28. The fraction of sp³-hybridized carbons (Fsp3) is 0.211. The van der Waals surface area contributed by atoms with Crippen molar-refractivity contribution in [3.8, 4) is 0 Å². The van der Waals surface area contributed by atoms with Gasteiger partial charge in [0.25, 0.3) is 5.91 Å². The third kappa shape index (κ3) is 3.68. The quantitative estimate of drug-likeness (QED) is 0.548. The van der Waals surface area contributed by atoms with Crippen LogP contribution < -0.4 is 10.6 Å². The van der Waals surface area contributed by atoms with Gasteiger partial charge in [0.2, 0.25) is 5.91 Å². The minimum absolute atomic E-state index is 0.185. The van der Waals surface area contributed by atoms with E-state index in [4.69, 9.17) is 34.8 Å². The molecule has 1 aliphatic rings. The van der Waals surface area contributed by atoms with Crippen molar-refractivity contribution in [3.05, 3.63) is 62.6 Å². The number of imide groups is 1. The molecule has 2 aromatic carbocycles. The summed E-state index contributed by atoms with van der Waals surface area (Å²) in [5, 5.41) is 5.85. The minimum Gasteiger partial charge on any atom is -0.323 e. The lowest BCUT2D eigenvalue weighted by molar-refractivity contribution is -0.133. The van der Waals surface area contributed by atoms with Gasteiger partial charge in [-0.15, -0.1) is 0 Å². The number of urea groups is 1. The highest BCUT2D eigenvalue weighted by Crippen LogP contribution is 2.33. The van der Waals surface area contributed by atoms with E-state index in [0.717, 1.165) is 10.5 Å². The third-order valence-corrected chi connectivity index (χ3v) is 5.58. The van der Waals surface area contributed by atoms with E-state index in [-0.39, 0.29) is 20.8 Å². The van der Waals surface area contributed by atoms with E-state index in [2.05, 4.69) is 10.6 Å². The van der Waals surface area contributed by atoms with Crippen LogP contribution in [0.25, 0.3) is 0 Å². The molecule has 0 aliphatic carbocycles. The summed E-state index contributed by atoms with van der Waals surface area (Å²) in [7, 11) is 0. The zero-order valence-corrected chi connectivity index (χ0v) is 17.2. The Morgan fingerprint density at radius 1 is 1.11 bits per heavy atom. The predicted octanol–water partition coefficient (Wildman–Crippen LogP) is 4.36. The van der Waals surface area contributed by atoms with Crippen molar-refractivity contribution in [2.24, 2.45) is 0 Å². The lowest BCUT2D eigenvalue weighted by Crippen LogP contribution is -2.42. The van der Waals surface area contributed by atoms with E-state index in [9.17, 15) is 14.4 Å². The highest BCUT2D eigenvalue weighted by molar-refractivity contribution is 6.44. The molecule has 3 rings (SSSR count). The number of anilines is 1. The minimum atomic E-state index is -1.25. The van der Waals surface area contributed by atoms with Crippen LogP contribution in [0.5, 0.6) is 0 Å². The van der Waals surface area contributed by atoms with Crippen molar-refractivity contribution in [2.75, 3.05) is 11.9 Å². The Morgan fingerprint density at radius 3 is 2.43 bits per heavy atom. The highest BCUT2D eigenvalue weighted by atomic mass is 35.5. The number of hydrogen-bond acceptors (Lipinski definition) is 3. The molecule has 6 nitrogen and oxygen atoms in total. The maximum atomic E-state index is 12.9. The van der Waals surface area contributed by atoms with Gasteiger partial charge in [0.1, 0.15) is 12.1 Å². The van der Waals surface area contributed by atoms with Gasteiger partial charge in [-0.2, -0.15) is 0 Å². The van der Waals surface area contributed by atoms with E-state index in [1.54, 1.807) is 19.1 Å². The summed E-state index contributed by atoms with van der Waals surface area (Å²) in [5.41, 5.74) is 0.510. The molecule has 1 heterocycles. The van der Waals surface area contributed by atoms with Gasteiger partial charge in [-0.05, 0) is 37.1 Å². The Kier molecular flexibility index (Phi) is 5.57. The lowest BCUT2D eigenvalue weighted by atomic mass is 9.88. The summed E-state index contributed by atoms with van der Waals surface area (Å²) in [4.78, 5) is 38.6. The fourth-order valence-electron chi connectivity index (χ4n) is 3.11. The lowest BCUT2D eigenvalue weighted by Gasteiger charge is -2.24. The highest BCUT2D eigenvalue weighted by Gasteiger charge is 2.50. The topological polar surface area (TPSA) is 78.5 Å². The van der Waals surface area contributed by atoms with Gasteiger partial charge in [-0.25, -0.2) is 4.79 Å². The summed E-state index contributed by atoms with van der Waals surface area (Å²) >= 11 is 17.8.